The van der Waals surface area contributed by atoms with E-state index >= 15 is 0 Å². The zero-order valence-electron chi connectivity index (χ0n) is 19.2. The average molecular weight is 434 g/mol. The third-order valence-electron chi connectivity index (χ3n) is 4.62. The van der Waals surface area contributed by atoms with Crippen molar-refractivity contribution in [1.82, 2.24) is 5.32 Å². The van der Waals surface area contributed by atoms with E-state index in [1.54, 1.807) is 0 Å². The molecule has 1 amide bonds. The average Bonchev–Trinajstić information content (AvgIpc) is 2.63. The Balaban J connectivity index is 1.86. The van der Waals surface area contributed by atoms with Crippen LogP contribution in [-0.2, 0) is 18.9 Å². The predicted octanol–water partition coefficient (Wildman–Crippen LogP) is 4.65. The summed E-state index contributed by atoms with van der Waals surface area (Å²) in [6.07, 6.45) is 4.95. The highest BCUT2D eigenvalue weighted by molar-refractivity contribution is 8.00. The molecule has 0 heterocycles. The van der Waals surface area contributed by atoms with E-state index in [9.17, 15) is 4.79 Å². The van der Waals surface area contributed by atoms with Gasteiger partial charge >= 0.3 is 6.09 Å². The minimum atomic E-state index is -0.336. The molecule has 1 fully saturated rings. The van der Waals surface area contributed by atoms with Gasteiger partial charge in [0.1, 0.15) is 6.10 Å². The Labute approximate surface area is 182 Å². The van der Waals surface area contributed by atoms with Crippen LogP contribution in [0.4, 0.5) is 4.79 Å². The zero-order valence-corrected chi connectivity index (χ0v) is 20.0. The molecular formula is C22H43NO5S. The molecule has 0 saturated heterocycles. The first-order valence-corrected chi connectivity index (χ1v) is 12.0. The van der Waals surface area contributed by atoms with Gasteiger partial charge in [0.15, 0.2) is 0 Å². The third-order valence-corrected chi connectivity index (χ3v) is 6.02. The number of rotatable bonds is 14. The molecule has 1 saturated carbocycles. The first-order chi connectivity index (χ1) is 13.8. The van der Waals surface area contributed by atoms with Gasteiger partial charge in [-0.05, 0) is 42.8 Å². The molecule has 0 bridgehead atoms. The maximum absolute atomic E-state index is 11.9. The van der Waals surface area contributed by atoms with Crippen LogP contribution in [0.1, 0.15) is 66.7 Å². The lowest BCUT2D eigenvalue weighted by Gasteiger charge is -2.28. The lowest BCUT2D eigenvalue weighted by atomic mass is 9.93. The molecule has 6 nitrogen and oxygen atoms in total. The number of amides is 1. The fourth-order valence-corrected chi connectivity index (χ4v) is 4.32. The summed E-state index contributed by atoms with van der Waals surface area (Å²) in [4.78, 5) is 11.9. The van der Waals surface area contributed by atoms with Crippen LogP contribution in [-0.4, -0.2) is 68.9 Å². The lowest BCUT2D eigenvalue weighted by Crippen LogP contribution is -2.33. The van der Waals surface area contributed by atoms with Gasteiger partial charge in [0.05, 0.1) is 33.0 Å². The number of carbonyl (C=O) groups is 1. The van der Waals surface area contributed by atoms with Crippen molar-refractivity contribution in [3.8, 4) is 0 Å². The van der Waals surface area contributed by atoms with Gasteiger partial charge in [-0.15, -0.1) is 0 Å². The quantitative estimate of drug-likeness (QED) is 0.402. The molecule has 0 spiro atoms. The van der Waals surface area contributed by atoms with Crippen molar-refractivity contribution in [2.75, 3.05) is 46.2 Å². The van der Waals surface area contributed by atoms with E-state index in [-0.39, 0.29) is 12.2 Å². The van der Waals surface area contributed by atoms with Crippen molar-refractivity contribution in [3.05, 3.63) is 0 Å². The number of nitrogens with one attached hydrogen (secondary N) is 1. The molecule has 1 aliphatic rings. The van der Waals surface area contributed by atoms with E-state index in [4.69, 9.17) is 18.9 Å². The highest BCUT2D eigenvalue weighted by atomic mass is 32.2. The number of hydrogen-bond acceptors (Lipinski definition) is 6. The molecule has 0 aliphatic heterocycles. The van der Waals surface area contributed by atoms with E-state index in [1.165, 1.54) is 0 Å². The molecule has 1 N–H and O–H groups in total. The highest BCUT2D eigenvalue weighted by Crippen LogP contribution is 2.32. The summed E-state index contributed by atoms with van der Waals surface area (Å²) < 4.78 is 22.0. The maximum Gasteiger partial charge on any atom is 0.407 e. The molecule has 7 heteroatoms. The third kappa shape index (κ3) is 15.9. The maximum atomic E-state index is 11.9. The van der Waals surface area contributed by atoms with Gasteiger partial charge in [-0.3, -0.25) is 0 Å². The summed E-state index contributed by atoms with van der Waals surface area (Å²) in [7, 11) is 0. The van der Waals surface area contributed by atoms with Crippen LogP contribution >= 0.6 is 11.8 Å². The normalized spacial score (nSPS) is 20.1. The van der Waals surface area contributed by atoms with Crippen molar-refractivity contribution in [1.29, 1.82) is 0 Å². The Hall–Kier alpha value is -0.500. The van der Waals surface area contributed by atoms with Crippen molar-refractivity contribution in [3.63, 3.8) is 0 Å². The summed E-state index contributed by atoms with van der Waals surface area (Å²) in [5.74, 6) is 0. The largest absolute Gasteiger partial charge is 0.446 e. The smallest absolute Gasteiger partial charge is 0.407 e. The van der Waals surface area contributed by atoms with E-state index in [2.05, 4.69) is 39.9 Å². The van der Waals surface area contributed by atoms with Crippen LogP contribution in [0.5, 0.6) is 0 Å². The molecular weight excluding hydrogens is 390 g/mol. The molecule has 0 aromatic heterocycles. The molecule has 172 valence electrons. The minimum Gasteiger partial charge on any atom is -0.446 e. The Kier molecular flexibility index (Phi) is 14.0. The van der Waals surface area contributed by atoms with Gasteiger partial charge in [0.25, 0.3) is 0 Å². The van der Waals surface area contributed by atoms with E-state index in [0.717, 1.165) is 38.7 Å². The predicted molar refractivity (Wildman–Crippen MR) is 120 cm³/mol. The molecule has 0 aromatic carbocycles. The number of carbonyl (C=O) groups excluding carboxylic acids is 1. The van der Waals surface area contributed by atoms with Crippen molar-refractivity contribution >= 4 is 17.9 Å². The summed E-state index contributed by atoms with van der Waals surface area (Å²) >= 11 is 2.04. The molecule has 1 aliphatic carbocycles. The molecule has 1 rings (SSSR count). The topological polar surface area (TPSA) is 66.0 Å². The second kappa shape index (κ2) is 15.3. The van der Waals surface area contributed by atoms with E-state index in [0.29, 0.717) is 55.5 Å². The SMILES string of the molecule is CC(C)SC1CCC(OC(=O)NCCOCCOCCOCCC(C)(C)C)CC1. The first-order valence-electron chi connectivity index (χ1n) is 11.1. The number of ether oxygens (including phenoxy) is 4. The van der Waals surface area contributed by atoms with Crippen LogP contribution in [0.25, 0.3) is 0 Å². The van der Waals surface area contributed by atoms with Gasteiger partial charge < -0.3 is 24.3 Å². The number of alkyl carbamates (subject to hydrolysis) is 1. The second-order valence-electron chi connectivity index (χ2n) is 9.06. The van der Waals surface area contributed by atoms with Crippen molar-refractivity contribution in [2.45, 2.75) is 83.3 Å². The fourth-order valence-electron chi connectivity index (χ4n) is 3.01. The van der Waals surface area contributed by atoms with Gasteiger partial charge in [0, 0.05) is 18.4 Å². The highest BCUT2D eigenvalue weighted by Gasteiger charge is 2.24. The molecule has 0 aromatic rings. The standard InChI is InChI=1S/C22H43NO5S/c1-18(2)29-20-8-6-19(7-9-20)28-21(24)23-11-13-26-15-17-27-16-14-25-12-10-22(3,4)5/h18-20H,6-17H2,1-5H3,(H,23,24). The summed E-state index contributed by atoms with van der Waals surface area (Å²) in [5.41, 5.74) is 0.307. The summed E-state index contributed by atoms with van der Waals surface area (Å²) in [6.45, 7) is 15.0. The van der Waals surface area contributed by atoms with Gasteiger partial charge in [-0.25, -0.2) is 4.79 Å². The first kappa shape index (κ1) is 26.5. The summed E-state index contributed by atoms with van der Waals surface area (Å²) in [5, 5.41) is 4.13. The Morgan fingerprint density at radius 3 is 2.03 bits per heavy atom. The molecule has 0 radical (unpaired) electrons. The van der Waals surface area contributed by atoms with Crippen molar-refractivity contribution in [2.24, 2.45) is 5.41 Å². The molecule has 29 heavy (non-hydrogen) atoms. The van der Waals surface area contributed by atoms with Crippen LogP contribution in [0.15, 0.2) is 0 Å². The van der Waals surface area contributed by atoms with E-state index in [1.807, 2.05) is 11.8 Å². The Morgan fingerprint density at radius 2 is 1.48 bits per heavy atom. The lowest BCUT2D eigenvalue weighted by molar-refractivity contribution is 0.0105. The van der Waals surface area contributed by atoms with E-state index < -0.39 is 0 Å². The summed E-state index contributed by atoms with van der Waals surface area (Å²) in [6, 6.07) is 0. The fraction of sp³-hybridized carbons (Fsp3) is 0.955. The van der Waals surface area contributed by atoms with Crippen LogP contribution in [0.2, 0.25) is 0 Å². The number of thioether (sulfide) groups is 1. The van der Waals surface area contributed by atoms with Gasteiger partial charge in [0.2, 0.25) is 0 Å². The Morgan fingerprint density at radius 1 is 0.931 bits per heavy atom. The van der Waals surface area contributed by atoms with Crippen LogP contribution < -0.4 is 5.32 Å². The van der Waals surface area contributed by atoms with Crippen LogP contribution in [0, 0.1) is 5.41 Å². The van der Waals surface area contributed by atoms with Gasteiger partial charge in [-0.2, -0.15) is 11.8 Å². The number of hydrogen-bond donors (Lipinski definition) is 1. The zero-order chi connectivity index (χ0) is 21.5. The monoisotopic (exact) mass is 433 g/mol. The van der Waals surface area contributed by atoms with Gasteiger partial charge in [-0.1, -0.05) is 34.6 Å². The Bertz CT molecular complexity index is 420. The molecule has 0 unspecified atom stereocenters. The van der Waals surface area contributed by atoms with Crippen LogP contribution in [0.3, 0.4) is 0 Å². The van der Waals surface area contributed by atoms with Crippen molar-refractivity contribution < 1.29 is 23.7 Å². The second-order valence-corrected chi connectivity index (χ2v) is 10.9. The molecule has 0 atom stereocenters. The minimum absolute atomic E-state index is 0.0546.